The van der Waals surface area contributed by atoms with Crippen molar-refractivity contribution in [3.63, 3.8) is 0 Å². The van der Waals surface area contributed by atoms with Crippen molar-refractivity contribution in [2.24, 2.45) is 11.1 Å². The van der Waals surface area contributed by atoms with Crippen LogP contribution in [0.4, 0.5) is 0 Å². The Hall–Kier alpha value is -0.830. The monoisotopic (exact) mass is 184 g/mol. The predicted octanol–water partition coefficient (Wildman–Crippen LogP) is 1.01. The zero-order valence-electron chi connectivity index (χ0n) is 9.00. The minimum Gasteiger partial charge on any atom is -0.342 e. The normalized spacial score (nSPS) is 12.1. The van der Waals surface area contributed by atoms with Gasteiger partial charge in [0.2, 0.25) is 5.91 Å². The van der Waals surface area contributed by atoms with Crippen molar-refractivity contribution in [3.8, 4) is 0 Å². The smallest absolute Gasteiger partial charge is 0.245 e. The number of hydrogen-bond acceptors (Lipinski definition) is 2. The lowest BCUT2D eigenvalue weighted by Crippen LogP contribution is -2.39. The summed E-state index contributed by atoms with van der Waals surface area (Å²) in [6, 6.07) is 0. The number of likely N-dealkylation sites (N-methyl/N-ethyl adjacent to an activating group) is 1. The molecule has 0 heterocycles. The van der Waals surface area contributed by atoms with Gasteiger partial charge in [0.1, 0.15) is 0 Å². The van der Waals surface area contributed by atoms with E-state index < -0.39 is 0 Å². The molecule has 0 rings (SSSR count). The Morgan fingerprint density at radius 3 is 2.46 bits per heavy atom. The fourth-order valence-electron chi connectivity index (χ4n) is 1.05. The molecule has 13 heavy (non-hydrogen) atoms. The Balaban J connectivity index is 4.14. The van der Waals surface area contributed by atoms with Crippen LogP contribution in [0, 0.1) is 5.41 Å². The summed E-state index contributed by atoms with van der Waals surface area (Å²) in [7, 11) is 1.79. The third-order valence-corrected chi connectivity index (χ3v) is 1.90. The first kappa shape index (κ1) is 12.2. The van der Waals surface area contributed by atoms with Crippen LogP contribution < -0.4 is 5.73 Å². The molecule has 0 aliphatic heterocycles. The molecule has 0 aromatic heterocycles. The zero-order valence-corrected chi connectivity index (χ0v) is 9.00. The summed E-state index contributed by atoms with van der Waals surface area (Å²) in [4.78, 5) is 13.0. The van der Waals surface area contributed by atoms with Gasteiger partial charge >= 0.3 is 0 Å². The van der Waals surface area contributed by atoms with Crippen LogP contribution in [-0.4, -0.2) is 30.9 Å². The lowest BCUT2D eigenvalue weighted by atomic mass is 9.93. The summed E-state index contributed by atoms with van der Waals surface area (Å²) in [6.07, 6.45) is 3.31. The SMILES string of the molecule is CC=CC(=O)N(C)CC(C)(C)CN. The minimum atomic E-state index is -0.00795. The number of hydrogen-bond donors (Lipinski definition) is 1. The van der Waals surface area contributed by atoms with Gasteiger partial charge in [-0.05, 0) is 25.0 Å². The maximum atomic E-state index is 11.3. The predicted molar refractivity (Wildman–Crippen MR) is 55.3 cm³/mol. The van der Waals surface area contributed by atoms with Crippen LogP contribution in [0.3, 0.4) is 0 Å². The first-order chi connectivity index (χ1) is 5.93. The van der Waals surface area contributed by atoms with Gasteiger partial charge < -0.3 is 10.6 Å². The molecule has 0 aromatic carbocycles. The Morgan fingerprint density at radius 2 is 2.08 bits per heavy atom. The lowest BCUT2D eigenvalue weighted by Gasteiger charge is -2.28. The molecule has 0 atom stereocenters. The van der Waals surface area contributed by atoms with Crippen LogP contribution in [-0.2, 0) is 4.79 Å². The van der Waals surface area contributed by atoms with Gasteiger partial charge in [-0.25, -0.2) is 0 Å². The van der Waals surface area contributed by atoms with Crippen LogP contribution in [0.2, 0.25) is 0 Å². The third-order valence-electron chi connectivity index (χ3n) is 1.90. The quantitative estimate of drug-likeness (QED) is 0.663. The van der Waals surface area contributed by atoms with Crippen molar-refractivity contribution in [2.75, 3.05) is 20.1 Å². The molecule has 0 spiro atoms. The van der Waals surface area contributed by atoms with Gasteiger partial charge in [0, 0.05) is 13.6 Å². The number of rotatable bonds is 4. The number of nitrogens with zero attached hydrogens (tertiary/aromatic N) is 1. The molecule has 0 saturated heterocycles. The summed E-state index contributed by atoms with van der Waals surface area (Å²) < 4.78 is 0. The van der Waals surface area contributed by atoms with Gasteiger partial charge in [-0.15, -0.1) is 0 Å². The zero-order chi connectivity index (χ0) is 10.5. The molecule has 3 nitrogen and oxygen atoms in total. The number of carbonyl (C=O) groups excluding carboxylic acids is 1. The molecular weight excluding hydrogens is 164 g/mol. The Morgan fingerprint density at radius 1 is 1.54 bits per heavy atom. The van der Waals surface area contributed by atoms with Crippen molar-refractivity contribution >= 4 is 5.91 Å². The number of allylic oxidation sites excluding steroid dienone is 1. The standard InChI is InChI=1S/C10H20N2O/c1-5-6-9(13)12(4)8-10(2,3)7-11/h5-6H,7-8,11H2,1-4H3. The van der Waals surface area contributed by atoms with E-state index in [0.717, 1.165) is 0 Å². The topological polar surface area (TPSA) is 46.3 Å². The highest BCUT2D eigenvalue weighted by molar-refractivity contribution is 5.87. The molecule has 3 heteroatoms. The largest absolute Gasteiger partial charge is 0.342 e. The molecule has 0 aliphatic rings. The van der Waals surface area contributed by atoms with E-state index in [1.165, 1.54) is 0 Å². The summed E-state index contributed by atoms with van der Waals surface area (Å²) in [6.45, 7) is 7.20. The summed E-state index contributed by atoms with van der Waals surface area (Å²) in [5, 5.41) is 0. The molecule has 1 amide bonds. The average Bonchev–Trinajstić information content (AvgIpc) is 2.04. The van der Waals surface area contributed by atoms with E-state index in [2.05, 4.69) is 0 Å². The third kappa shape index (κ3) is 4.68. The highest BCUT2D eigenvalue weighted by Gasteiger charge is 2.19. The van der Waals surface area contributed by atoms with Gasteiger partial charge in [0.15, 0.2) is 0 Å². The molecule has 76 valence electrons. The Bertz CT molecular complexity index is 197. The molecule has 2 N–H and O–H groups in total. The first-order valence-electron chi connectivity index (χ1n) is 4.51. The Labute approximate surface area is 80.6 Å². The fourth-order valence-corrected chi connectivity index (χ4v) is 1.05. The van der Waals surface area contributed by atoms with Crippen LogP contribution in [0.15, 0.2) is 12.2 Å². The fraction of sp³-hybridized carbons (Fsp3) is 0.700. The number of carbonyl (C=O) groups is 1. The Kier molecular flexibility index (Phi) is 4.70. The van der Waals surface area contributed by atoms with E-state index >= 15 is 0 Å². The molecule has 0 aliphatic carbocycles. The van der Waals surface area contributed by atoms with Gasteiger partial charge in [-0.1, -0.05) is 19.9 Å². The molecule has 0 unspecified atom stereocenters. The van der Waals surface area contributed by atoms with E-state index in [1.54, 1.807) is 24.1 Å². The summed E-state index contributed by atoms with van der Waals surface area (Å²) in [5.41, 5.74) is 5.56. The van der Waals surface area contributed by atoms with Gasteiger partial charge in [0.05, 0.1) is 0 Å². The van der Waals surface area contributed by atoms with Crippen LogP contribution in [0.5, 0.6) is 0 Å². The molecule has 0 radical (unpaired) electrons. The van der Waals surface area contributed by atoms with Crippen molar-refractivity contribution in [1.82, 2.24) is 4.90 Å². The maximum absolute atomic E-state index is 11.3. The van der Waals surface area contributed by atoms with Crippen LogP contribution >= 0.6 is 0 Å². The minimum absolute atomic E-state index is 0.00795. The van der Waals surface area contributed by atoms with Crippen molar-refractivity contribution in [1.29, 1.82) is 0 Å². The van der Waals surface area contributed by atoms with Crippen molar-refractivity contribution in [3.05, 3.63) is 12.2 Å². The molecule has 0 aromatic rings. The second kappa shape index (κ2) is 5.02. The molecular formula is C10H20N2O. The lowest BCUT2D eigenvalue weighted by molar-refractivity contribution is -0.125. The molecule has 0 saturated carbocycles. The van der Waals surface area contributed by atoms with E-state index in [-0.39, 0.29) is 11.3 Å². The van der Waals surface area contributed by atoms with E-state index in [4.69, 9.17) is 5.73 Å². The van der Waals surface area contributed by atoms with Gasteiger partial charge in [-0.3, -0.25) is 4.79 Å². The highest BCUT2D eigenvalue weighted by Crippen LogP contribution is 2.13. The van der Waals surface area contributed by atoms with E-state index in [9.17, 15) is 4.79 Å². The number of amides is 1. The number of nitrogens with two attached hydrogens (primary N) is 1. The highest BCUT2D eigenvalue weighted by atomic mass is 16.2. The summed E-state index contributed by atoms with van der Waals surface area (Å²) >= 11 is 0. The van der Waals surface area contributed by atoms with E-state index in [1.807, 2.05) is 20.8 Å². The maximum Gasteiger partial charge on any atom is 0.245 e. The second-order valence-corrected chi connectivity index (χ2v) is 4.06. The van der Waals surface area contributed by atoms with Crippen LogP contribution in [0.25, 0.3) is 0 Å². The van der Waals surface area contributed by atoms with Crippen LogP contribution in [0.1, 0.15) is 20.8 Å². The van der Waals surface area contributed by atoms with Gasteiger partial charge in [-0.2, -0.15) is 0 Å². The van der Waals surface area contributed by atoms with Crippen molar-refractivity contribution < 1.29 is 4.79 Å². The van der Waals surface area contributed by atoms with Crippen molar-refractivity contribution in [2.45, 2.75) is 20.8 Å². The second-order valence-electron chi connectivity index (χ2n) is 4.06. The first-order valence-corrected chi connectivity index (χ1v) is 4.51. The summed E-state index contributed by atoms with van der Waals surface area (Å²) in [5.74, 6) is 0.0315. The van der Waals surface area contributed by atoms with E-state index in [0.29, 0.717) is 13.1 Å². The van der Waals surface area contributed by atoms with Gasteiger partial charge in [0.25, 0.3) is 0 Å². The average molecular weight is 184 g/mol. The molecule has 0 fully saturated rings. The molecule has 0 bridgehead atoms.